The fourth-order valence-corrected chi connectivity index (χ4v) is 2.85. The summed E-state index contributed by atoms with van der Waals surface area (Å²) in [5.74, 6) is 0.0367. The van der Waals surface area contributed by atoms with E-state index in [0.29, 0.717) is 0 Å². The second kappa shape index (κ2) is 5.79. The Bertz CT molecular complexity index is 634. The van der Waals surface area contributed by atoms with E-state index in [0.717, 1.165) is 11.3 Å². The Balaban J connectivity index is 1.83. The predicted octanol–water partition coefficient (Wildman–Crippen LogP) is 3.99. The molecule has 2 nitrogen and oxygen atoms in total. The molecular weight excluding hydrogens is 361 g/mol. The van der Waals surface area contributed by atoms with Gasteiger partial charge in [0.1, 0.15) is 0 Å². The summed E-state index contributed by atoms with van der Waals surface area (Å²) in [5.41, 5.74) is 2.10. The first-order chi connectivity index (χ1) is 9.74. The molecule has 0 saturated heterocycles. The van der Waals surface area contributed by atoms with Crippen LogP contribution in [0.3, 0.4) is 0 Å². The lowest BCUT2D eigenvalue weighted by atomic mass is 9.92. The van der Waals surface area contributed by atoms with Crippen molar-refractivity contribution in [1.82, 2.24) is 0 Å². The minimum Gasteiger partial charge on any atom is -0.378 e. The summed E-state index contributed by atoms with van der Waals surface area (Å²) < 4.78 is 1.20. The quantitative estimate of drug-likeness (QED) is 0.822. The minimum absolute atomic E-state index is 0.0185. The number of anilines is 1. The van der Waals surface area contributed by atoms with Gasteiger partial charge in [0, 0.05) is 9.26 Å². The number of hydrogen-bond donors (Lipinski definition) is 1. The smallest absolute Gasteiger partial charge is 0.165 e. The normalized spacial score (nSPS) is 21.1. The second-order valence-corrected chi connectivity index (χ2v) is 6.07. The lowest BCUT2D eigenvalue weighted by Crippen LogP contribution is -2.25. The summed E-state index contributed by atoms with van der Waals surface area (Å²) in [6.07, 6.45) is 3.64. The van der Waals surface area contributed by atoms with Crippen LogP contribution in [0.2, 0.25) is 0 Å². The molecule has 0 bridgehead atoms. The first-order valence-electron chi connectivity index (χ1n) is 6.53. The molecule has 1 N–H and O–H groups in total. The molecule has 0 unspecified atom stereocenters. The van der Waals surface area contributed by atoms with Gasteiger partial charge in [0.05, 0.1) is 12.0 Å². The summed E-state index contributed by atoms with van der Waals surface area (Å²) in [6.45, 7) is 0. The number of allylic oxidation sites excluding steroid dienone is 1. The van der Waals surface area contributed by atoms with Crippen LogP contribution in [0, 0.1) is 3.57 Å². The average molecular weight is 375 g/mol. The Labute approximate surface area is 132 Å². The Hall–Kier alpha value is -1.62. The Morgan fingerprint density at radius 2 is 1.65 bits per heavy atom. The van der Waals surface area contributed by atoms with E-state index < -0.39 is 0 Å². The lowest BCUT2D eigenvalue weighted by Gasteiger charge is -2.21. The van der Waals surface area contributed by atoms with Crippen LogP contribution in [0.15, 0.2) is 66.7 Å². The molecule has 1 aliphatic carbocycles. The van der Waals surface area contributed by atoms with Crippen molar-refractivity contribution in [2.75, 3.05) is 5.32 Å². The molecule has 2 aromatic carbocycles. The summed E-state index contributed by atoms with van der Waals surface area (Å²) in [6, 6.07) is 18.2. The number of benzene rings is 2. The molecule has 0 aliphatic heterocycles. The molecule has 3 rings (SSSR count). The first-order valence-corrected chi connectivity index (χ1v) is 7.61. The van der Waals surface area contributed by atoms with Crippen LogP contribution in [0.1, 0.15) is 11.5 Å². The van der Waals surface area contributed by atoms with E-state index in [1.807, 2.05) is 48.5 Å². The zero-order valence-corrected chi connectivity index (χ0v) is 12.9. The third-order valence-electron chi connectivity index (χ3n) is 3.47. The highest BCUT2D eigenvalue weighted by Gasteiger charge is 2.31. The largest absolute Gasteiger partial charge is 0.378 e. The van der Waals surface area contributed by atoms with Gasteiger partial charge in [0.15, 0.2) is 5.78 Å². The van der Waals surface area contributed by atoms with Crippen LogP contribution in [0.25, 0.3) is 0 Å². The molecule has 2 atom stereocenters. The van der Waals surface area contributed by atoms with Crippen molar-refractivity contribution in [3.8, 4) is 0 Å². The van der Waals surface area contributed by atoms with Gasteiger partial charge >= 0.3 is 0 Å². The van der Waals surface area contributed by atoms with Gasteiger partial charge in [-0.2, -0.15) is 0 Å². The SMILES string of the molecule is O=C1C=C[C@H](Nc2ccc(I)cc2)[C@H]1c1ccccc1. The molecule has 0 saturated carbocycles. The van der Waals surface area contributed by atoms with Crippen LogP contribution in [-0.4, -0.2) is 11.8 Å². The highest BCUT2D eigenvalue weighted by atomic mass is 127. The van der Waals surface area contributed by atoms with Crippen LogP contribution in [0.5, 0.6) is 0 Å². The van der Waals surface area contributed by atoms with Crippen LogP contribution >= 0.6 is 22.6 Å². The fraction of sp³-hybridized carbons (Fsp3) is 0.118. The molecule has 0 radical (unpaired) electrons. The van der Waals surface area contributed by atoms with Gasteiger partial charge < -0.3 is 5.32 Å². The van der Waals surface area contributed by atoms with Crippen molar-refractivity contribution in [2.24, 2.45) is 0 Å². The van der Waals surface area contributed by atoms with Crippen LogP contribution < -0.4 is 5.32 Å². The zero-order chi connectivity index (χ0) is 13.9. The monoisotopic (exact) mass is 375 g/mol. The van der Waals surface area contributed by atoms with Crippen molar-refractivity contribution >= 4 is 34.1 Å². The number of hydrogen-bond acceptors (Lipinski definition) is 2. The van der Waals surface area contributed by atoms with E-state index >= 15 is 0 Å². The Morgan fingerprint density at radius 1 is 0.950 bits per heavy atom. The maximum Gasteiger partial charge on any atom is 0.165 e. The summed E-state index contributed by atoms with van der Waals surface area (Å²) in [5, 5.41) is 3.44. The molecule has 0 heterocycles. The summed E-state index contributed by atoms with van der Waals surface area (Å²) in [4.78, 5) is 12.1. The minimum atomic E-state index is -0.129. The predicted molar refractivity (Wildman–Crippen MR) is 89.9 cm³/mol. The summed E-state index contributed by atoms with van der Waals surface area (Å²) in [7, 11) is 0. The van der Waals surface area contributed by atoms with Crippen LogP contribution in [0.4, 0.5) is 5.69 Å². The molecule has 3 heteroatoms. The van der Waals surface area contributed by atoms with Crippen molar-refractivity contribution in [1.29, 1.82) is 0 Å². The number of halogens is 1. The van der Waals surface area contributed by atoms with Crippen molar-refractivity contribution in [3.05, 3.63) is 75.9 Å². The third kappa shape index (κ3) is 2.77. The number of rotatable bonds is 3. The van der Waals surface area contributed by atoms with Crippen molar-refractivity contribution in [3.63, 3.8) is 0 Å². The first kappa shape index (κ1) is 13.4. The fourth-order valence-electron chi connectivity index (χ4n) is 2.49. The highest BCUT2D eigenvalue weighted by molar-refractivity contribution is 14.1. The van der Waals surface area contributed by atoms with E-state index in [4.69, 9.17) is 0 Å². The molecule has 1 aliphatic rings. The standard InChI is InChI=1S/C17H14INO/c18-13-6-8-14(9-7-13)19-15-10-11-16(20)17(15)12-4-2-1-3-5-12/h1-11,15,17,19H/t15-,17+/m0/s1. The van der Waals surface area contributed by atoms with Gasteiger partial charge in [-0.15, -0.1) is 0 Å². The topological polar surface area (TPSA) is 29.1 Å². The zero-order valence-electron chi connectivity index (χ0n) is 10.8. The Morgan fingerprint density at radius 3 is 2.35 bits per heavy atom. The highest BCUT2D eigenvalue weighted by Crippen LogP contribution is 2.29. The van der Waals surface area contributed by atoms with Crippen molar-refractivity contribution in [2.45, 2.75) is 12.0 Å². The van der Waals surface area contributed by atoms with E-state index in [1.54, 1.807) is 6.08 Å². The van der Waals surface area contributed by atoms with E-state index in [2.05, 4.69) is 40.0 Å². The van der Waals surface area contributed by atoms with Crippen molar-refractivity contribution < 1.29 is 4.79 Å². The van der Waals surface area contributed by atoms with Gasteiger partial charge in [-0.1, -0.05) is 36.4 Å². The second-order valence-electron chi connectivity index (χ2n) is 4.83. The lowest BCUT2D eigenvalue weighted by molar-refractivity contribution is -0.115. The Kier molecular flexibility index (Phi) is 3.87. The van der Waals surface area contributed by atoms with Gasteiger partial charge in [-0.3, -0.25) is 4.79 Å². The third-order valence-corrected chi connectivity index (χ3v) is 4.19. The number of nitrogens with one attached hydrogen (secondary N) is 1. The number of carbonyl (C=O) groups excluding carboxylic acids is 1. The molecule has 20 heavy (non-hydrogen) atoms. The van der Waals surface area contributed by atoms with Gasteiger partial charge in [-0.05, 0) is 58.5 Å². The van der Waals surface area contributed by atoms with E-state index in [-0.39, 0.29) is 17.7 Å². The molecule has 2 aromatic rings. The van der Waals surface area contributed by atoms with E-state index in [9.17, 15) is 4.79 Å². The molecule has 0 fully saturated rings. The maximum atomic E-state index is 12.1. The average Bonchev–Trinajstić information content (AvgIpc) is 2.83. The summed E-state index contributed by atoms with van der Waals surface area (Å²) >= 11 is 2.28. The molecule has 0 amide bonds. The van der Waals surface area contributed by atoms with Gasteiger partial charge in [-0.25, -0.2) is 0 Å². The van der Waals surface area contributed by atoms with Gasteiger partial charge in [0.2, 0.25) is 0 Å². The molecule has 0 aromatic heterocycles. The molecule has 0 spiro atoms. The van der Waals surface area contributed by atoms with E-state index in [1.165, 1.54) is 3.57 Å². The number of ketones is 1. The molecular formula is C17H14INO. The van der Waals surface area contributed by atoms with Gasteiger partial charge in [0.25, 0.3) is 0 Å². The molecule has 100 valence electrons. The number of carbonyl (C=O) groups is 1. The van der Waals surface area contributed by atoms with Crippen LogP contribution in [-0.2, 0) is 4.79 Å². The maximum absolute atomic E-state index is 12.1.